The summed E-state index contributed by atoms with van der Waals surface area (Å²) in [5, 5.41) is 3.14. The lowest BCUT2D eigenvalue weighted by atomic mass is 9.96. The topological polar surface area (TPSA) is 72.9 Å². The maximum Gasteiger partial charge on any atom is 0.237 e. The molecule has 1 fully saturated rings. The summed E-state index contributed by atoms with van der Waals surface area (Å²) in [6, 6.07) is 0.356. The molecule has 2 atom stereocenters. The van der Waals surface area contributed by atoms with Gasteiger partial charge in [0.2, 0.25) is 5.91 Å². The molecule has 3 rings (SSSR count). The molecule has 2 unspecified atom stereocenters. The van der Waals surface area contributed by atoms with E-state index in [4.69, 9.17) is 5.73 Å². The Bertz CT molecular complexity index is 496. The first-order valence-corrected chi connectivity index (χ1v) is 7.20. The fraction of sp³-hybridized carbons (Fsp3) is 0.714. The smallest absolute Gasteiger partial charge is 0.237 e. The minimum atomic E-state index is -0.531. The number of fused-ring (bicyclic) bond motifs is 1. The summed E-state index contributed by atoms with van der Waals surface area (Å²) in [4.78, 5) is 16.2. The molecule has 1 amide bonds. The monoisotopic (exact) mass is 262 g/mol. The van der Waals surface area contributed by atoms with Crippen molar-refractivity contribution in [3.05, 3.63) is 17.7 Å². The Hall–Kier alpha value is -1.36. The van der Waals surface area contributed by atoms with Crippen LogP contribution in [0.2, 0.25) is 0 Å². The van der Waals surface area contributed by atoms with E-state index in [9.17, 15) is 4.79 Å². The Morgan fingerprint density at radius 3 is 3.00 bits per heavy atom. The fourth-order valence-electron chi connectivity index (χ4n) is 3.64. The molecule has 0 spiro atoms. The van der Waals surface area contributed by atoms with Gasteiger partial charge in [-0.25, -0.2) is 4.98 Å². The molecule has 104 valence electrons. The maximum absolute atomic E-state index is 11.7. The lowest BCUT2D eigenvalue weighted by molar-refractivity contribution is -0.124. The average Bonchev–Trinajstić information content (AvgIpc) is 3.03. The Balaban J connectivity index is 1.85. The Morgan fingerprint density at radius 1 is 1.53 bits per heavy atom. The van der Waals surface area contributed by atoms with Crippen molar-refractivity contribution in [2.45, 2.75) is 56.5 Å². The van der Waals surface area contributed by atoms with Crippen LogP contribution in [0.1, 0.15) is 49.5 Å². The lowest BCUT2D eigenvalue weighted by Crippen LogP contribution is -2.52. The second-order valence-corrected chi connectivity index (χ2v) is 5.85. The van der Waals surface area contributed by atoms with Gasteiger partial charge in [-0.1, -0.05) is 0 Å². The summed E-state index contributed by atoms with van der Waals surface area (Å²) in [7, 11) is 1.83. The van der Waals surface area contributed by atoms with E-state index in [1.165, 1.54) is 24.2 Å². The number of carbonyl (C=O) groups excluding carboxylic acids is 1. The van der Waals surface area contributed by atoms with Gasteiger partial charge in [0, 0.05) is 11.7 Å². The van der Waals surface area contributed by atoms with Gasteiger partial charge < -0.3 is 15.6 Å². The van der Waals surface area contributed by atoms with E-state index >= 15 is 0 Å². The minimum absolute atomic E-state index is 0.230. The number of primary amides is 1. The molecule has 0 saturated heterocycles. The van der Waals surface area contributed by atoms with Crippen LogP contribution < -0.4 is 11.1 Å². The van der Waals surface area contributed by atoms with Crippen molar-refractivity contribution < 1.29 is 4.79 Å². The van der Waals surface area contributed by atoms with Gasteiger partial charge in [-0.3, -0.25) is 4.79 Å². The fourth-order valence-corrected chi connectivity index (χ4v) is 3.64. The highest BCUT2D eigenvalue weighted by atomic mass is 16.1. The van der Waals surface area contributed by atoms with E-state index in [-0.39, 0.29) is 5.91 Å². The van der Waals surface area contributed by atoms with E-state index in [1.54, 1.807) is 0 Å². The van der Waals surface area contributed by atoms with E-state index < -0.39 is 5.54 Å². The third kappa shape index (κ3) is 1.96. The van der Waals surface area contributed by atoms with Crippen LogP contribution >= 0.6 is 0 Å². The van der Waals surface area contributed by atoms with Gasteiger partial charge in [0.25, 0.3) is 0 Å². The van der Waals surface area contributed by atoms with Gasteiger partial charge >= 0.3 is 0 Å². The van der Waals surface area contributed by atoms with Crippen LogP contribution in [0.3, 0.4) is 0 Å². The second-order valence-electron chi connectivity index (χ2n) is 5.85. The van der Waals surface area contributed by atoms with E-state index in [1.807, 2.05) is 13.4 Å². The van der Waals surface area contributed by atoms with Crippen molar-refractivity contribution in [1.29, 1.82) is 0 Å². The van der Waals surface area contributed by atoms with Gasteiger partial charge in [0.15, 0.2) is 0 Å². The molecule has 0 radical (unpaired) electrons. The van der Waals surface area contributed by atoms with Gasteiger partial charge in [-0.05, 0) is 52.0 Å². The molecule has 19 heavy (non-hydrogen) atoms. The summed E-state index contributed by atoms with van der Waals surface area (Å²) in [5.74, 6) is -0.230. The first-order valence-electron chi connectivity index (χ1n) is 7.20. The molecule has 0 bridgehead atoms. The Kier molecular flexibility index (Phi) is 3.09. The van der Waals surface area contributed by atoms with Crippen LogP contribution in [0.15, 0.2) is 6.33 Å². The number of imidazole rings is 1. The Morgan fingerprint density at radius 2 is 2.32 bits per heavy atom. The van der Waals surface area contributed by atoms with Crippen LogP contribution in [-0.2, 0) is 17.6 Å². The summed E-state index contributed by atoms with van der Waals surface area (Å²) in [6.07, 6.45) is 9.27. The second kappa shape index (κ2) is 4.63. The first-order chi connectivity index (χ1) is 9.16. The minimum Gasteiger partial charge on any atom is -0.368 e. The molecule has 2 aliphatic carbocycles. The molecule has 3 N–H and O–H groups in total. The Labute approximate surface area is 113 Å². The van der Waals surface area contributed by atoms with Crippen molar-refractivity contribution in [3.63, 3.8) is 0 Å². The van der Waals surface area contributed by atoms with Gasteiger partial charge in [-0.2, -0.15) is 0 Å². The van der Waals surface area contributed by atoms with Crippen molar-refractivity contribution in [2.24, 2.45) is 5.73 Å². The van der Waals surface area contributed by atoms with E-state index in [0.717, 1.165) is 32.1 Å². The predicted octanol–water partition coefficient (Wildman–Crippen LogP) is 0.930. The van der Waals surface area contributed by atoms with Crippen molar-refractivity contribution in [3.8, 4) is 0 Å². The van der Waals surface area contributed by atoms with Gasteiger partial charge in [0.05, 0.1) is 17.6 Å². The summed E-state index contributed by atoms with van der Waals surface area (Å²) >= 11 is 0. The standard InChI is InChI=1S/C14H22N4O/c1-16-14(13(15)19)7-6-10(8-14)18-9-17-11-4-2-3-5-12(11)18/h9-10,16H,2-8H2,1H3,(H2,15,19). The number of amides is 1. The highest BCUT2D eigenvalue weighted by molar-refractivity contribution is 5.85. The summed E-state index contributed by atoms with van der Waals surface area (Å²) < 4.78 is 2.30. The van der Waals surface area contributed by atoms with E-state index in [2.05, 4.69) is 14.9 Å². The molecule has 2 aliphatic rings. The van der Waals surface area contributed by atoms with Gasteiger partial charge in [0.1, 0.15) is 0 Å². The normalized spacial score (nSPS) is 30.3. The first kappa shape index (κ1) is 12.7. The maximum atomic E-state index is 11.7. The van der Waals surface area contributed by atoms with Crippen LogP contribution in [-0.4, -0.2) is 28.0 Å². The highest BCUT2D eigenvalue weighted by Crippen LogP contribution is 2.39. The molecule has 0 aliphatic heterocycles. The molecule has 1 aromatic heterocycles. The summed E-state index contributed by atoms with van der Waals surface area (Å²) in [5.41, 5.74) is 7.68. The SMILES string of the molecule is CNC1(C(N)=O)CCC(n2cnc3c2CCCC3)C1. The zero-order valence-corrected chi connectivity index (χ0v) is 11.5. The molecular formula is C14H22N4O. The third-order valence-corrected chi connectivity index (χ3v) is 4.89. The average molecular weight is 262 g/mol. The number of nitrogens with one attached hydrogen (secondary N) is 1. The highest BCUT2D eigenvalue weighted by Gasteiger charge is 2.43. The van der Waals surface area contributed by atoms with Crippen LogP contribution in [0.25, 0.3) is 0 Å². The predicted molar refractivity (Wildman–Crippen MR) is 72.7 cm³/mol. The van der Waals surface area contributed by atoms with Crippen LogP contribution in [0.4, 0.5) is 0 Å². The summed E-state index contributed by atoms with van der Waals surface area (Å²) in [6.45, 7) is 0. The lowest BCUT2D eigenvalue weighted by Gasteiger charge is -2.25. The molecule has 1 aromatic rings. The molecule has 1 heterocycles. The van der Waals surface area contributed by atoms with E-state index in [0.29, 0.717) is 6.04 Å². The van der Waals surface area contributed by atoms with Crippen LogP contribution in [0.5, 0.6) is 0 Å². The quantitative estimate of drug-likeness (QED) is 0.851. The number of aromatic nitrogens is 2. The molecule has 5 nitrogen and oxygen atoms in total. The zero-order chi connectivity index (χ0) is 13.5. The number of likely N-dealkylation sites (N-methyl/N-ethyl adjacent to an activating group) is 1. The van der Waals surface area contributed by atoms with Crippen molar-refractivity contribution >= 4 is 5.91 Å². The number of aryl methyl sites for hydroxylation is 1. The molecule has 1 saturated carbocycles. The number of hydrogen-bond donors (Lipinski definition) is 2. The van der Waals surface area contributed by atoms with Crippen molar-refractivity contribution in [2.75, 3.05) is 7.05 Å². The number of rotatable bonds is 3. The number of nitrogens with zero attached hydrogens (tertiary/aromatic N) is 2. The van der Waals surface area contributed by atoms with Gasteiger partial charge in [-0.15, -0.1) is 0 Å². The zero-order valence-electron chi connectivity index (χ0n) is 11.5. The molecule has 0 aromatic carbocycles. The number of hydrogen-bond acceptors (Lipinski definition) is 3. The third-order valence-electron chi connectivity index (χ3n) is 4.89. The van der Waals surface area contributed by atoms with Crippen LogP contribution in [0, 0.1) is 0 Å². The number of carbonyl (C=O) groups is 1. The molecular weight excluding hydrogens is 240 g/mol. The van der Waals surface area contributed by atoms with Crippen molar-refractivity contribution in [1.82, 2.24) is 14.9 Å². The number of nitrogens with two attached hydrogens (primary N) is 1. The largest absolute Gasteiger partial charge is 0.368 e. The molecule has 5 heteroatoms.